The van der Waals surface area contributed by atoms with Crippen molar-refractivity contribution >= 4 is 42.1 Å². The number of nitrogen functional groups attached to an aromatic ring is 1. The number of amides is 1. The van der Waals surface area contributed by atoms with Crippen molar-refractivity contribution in [3.8, 4) is 10.4 Å². The third kappa shape index (κ3) is 4.50. The first-order valence-electron chi connectivity index (χ1n) is 7.50. The van der Waals surface area contributed by atoms with Gasteiger partial charge in [0.15, 0.2) is 0 Å². The average Bonchev–Trinajstić information content (AvgIpc) is 3.10. The van der Waals surface area contributed by atoms with E-state index in [1.54, 1.807) is 17.4 Å². The van der Waals surface area contributed by atoms with Crippen molar-refractivity contribution in [2.45, 2.75) is 0 Å². The Hall–Kier alpha value is -2.64. The van der Waals surface area contributed by atoms with Crippen LogP contribution in [-0.4, -0.2) is 15.7 Å². The van der Waals surface area contributed by atoms with Crippen LogP contribution in [0.2, 0.25) is 0 Å². The lowest BCUT2D eigenvalue weighted by molar-refractivity contribution is 0.102. The van der Waals surface area contributed by atoms with E-state index < -0.39 is 7.75 Å². The molecule has 1 heterocycles. The van der Waals surface area contributed by atoms with Crippen LogP contribution in [0.5, 0.6) is 0 Å². The fourth-order valence-electron chi connectivity index (χ4n) is 2.32. The Bertz CT molecular complexity index is 968. The Kier molecular flexibility index (Phi) is 5.11. The predicted molar refractivity (Wildman–Crippen MR) is 104 cm³/mol. The maximum Gasteiger partial charge on any atom is 0.427 e. The number of rotatable bonds is 5. The van der Waals surface area contributed by atoms with Crippen LogP contribution in [0, 0.1) is 0 Å². The molecule has 0 fully saturated rings. The first-order chi connectivity index (χ1) is 12.3. The van der Waals surface area contributed by atoms with Crippen molar-refractivity contribution in [1.82, 2.24) is 0 Å². The Morgan fingerprint density at radius 1 is 1.08 bits per heavy atom. The summed E-state index contributed by atoms with van der Waals surface area (Å²) in [6, 6.07) is 15.1. The number of carbonyl (C=O) groups excluding carboxylic acids is 1. The van der Waals surface area contributed by atoms with Gasteiger partial charge in [0.2, 0.25) is 0 Å². The summed E-state index contributed by atoms with van der Waals surface area (Å²) >= 11 is 1.59. The van der Waals surface area contributed by atoms with Gasteiger partial charge in [-0.25, -0.2) is 4.57 Å². The number of hydrogen-bond acceptors (Lipinski definition) is 4. The summed E-state index contributed by atoms with van der Waals surface area (Å²) in [5.41, 5.74) is 8.40. The number of anilines is 3. The molecular formula is C17H16N3O4PS. The van der Waals surface area contributed by atoms with E-state index in [1.807, 2.05) is 34.7 Å². The number of benzene rings is 2. The van der Waals surface area contributed by atoms with Crippen LogP contribution < -0.4 is 16.1 Å². The third-order valence-electron chi connectivity index (χ3n) is 3.53. The minimum atomic E-state index is -4.38. The molecule has 2 aromatic carbocycles. The zero-order valence-corrected chi connectivity index (χ0v) is 15.1. The molecule has 0 saturated carbocycles. The molecule has 26 heavy (non-hydrogen) atoms. The van der Waals surface area contributed by atoms with Crippen molar-refractivity contribution in [3.63, 3.8) is 0 Å². The first-order valence-corrected chi connectivity index (χ1v) is 10.00. The van der Waals surface area contributed by atoms with Gasteiger partial charge in [-0.2, -0.15) is 0 Å². The molecule has 0 saturated heterocycles. The fraction of sp³-hybridized carbons (Fsp3) is 0. The highest BCUT2D eigenvalue weighted by atomic mass is 32.1. The SMILES string of the molecule is Nc1ccc(-c2cccs2)cc1NC(=O)c1ccc(NP(=O)(O)O)cc1. The lowest BCUT2D eigenvalue weighted by Gasteiger charge is -2.11. The minimum absolute atomic E-state index is 0.217. The highest BCUT2D eigenvalue weighted by molar-refractivity contribution is 7.53. The van der Waals surface area contributed by atoms with Crippen molar-refractivity contribution < 1.29 is 19.1 Å². The van der Waals surface area contributed by atoms with Crippen molar-refractivity contribution in [1.29, 1.82) is 0 Å². The van der Waals surface area contributed by atoms with Gasteiger partial charge in [0, 0.05) is 16.1 Å². The highest BCUT2D eigenvalue weighted by Crippen LogP contribution is 2.35. The molecule has 7 nitrogen and oxygen atoms in total. The number of nitrogens with one attached hydrogen (secondary N) is 2. The standard InChI is InChI=1S/C17H16N3O4PS/c18-14-8-5-12(16-2-1-9-26-16)10-15(14)19-17(21)11-3-6-13(7-4-11)20-25(22,23)24/h1-10H,18H2,(H,19,21)(H3,20,22,23,24). The Morgan fingerprint density at radius 2 is 1.81 bits per heavy atom. The molecule has 9 heteroatoms. The molecule has 0 aliphatic heterocycles. The van der Waals surface area contributed by atoms with Gasteiger partial charge < -0.3 is 20.8 Å². The molecule has 0 bridgehead atoms. The fourth-order valence-corrected chi connectivity index (χ4v) is 3.53. The van der Waals surface area contributed by atoms with E-state index in [9.17, 15) is 9.36 Å². The van der Waals surface area contributed by atoms with E-state index in [1.165, 1.54) is 24.3 Å². The summed E-state index contributed by atoms with van der Waals surface area (Å²) in [4.78, 5) is 31.3. The smallest absolute Gasteiger partial charge is 0.397 e. The Balaban J connectivity index is 1.77. The molecule has 1 amide bonds. The molecule has 0 unspecified atom stereocenters. The summed E-state index contributed by atoms with van der Waals surface area (Å²) in [6.45, 7) is 0. The van der Waals surface area contributed by atoms with Gasteiger partial charge in [0.05, 0.1) is 11.4 Å². The number of thiophene rings is 1. The number of hydrogen-bond donors (Lipinski definition) is 5. The monoisotopic (exact) mass is 389 g/mol. The van der Waals surface area contributed by atoms with Crippen LogP contribution in [0.3, 0.4) is 0 Å². The molecule has 1 aromatic heterocycles. The molecule has 0 spiro atoms. The zero-order valence-electron chi connectivity index (χ0n) is 13.4. The van der Waals surface area contributed by atoms with Crippen LogP contribution in [0.1, 0.15) is 10.4 Å². The van der Waals surface area contributed by atoms with Crippen LogP contribution in [0.15, 0.2) is 60.0 Å². The van der Waals surface area contributed by atoms with E-state index in [0.717, 1.165) is 10.4 Å². The van der Waals surface area contributed by atoms with Gasteiger partial charge in [-0.05, 0) is 53.4 Å². The van der Waals surface area contributed by atoms with Gasteiger partial charge in [0.25, 0.3) is 5.91 Å². The average molecular weight is 389 g/mol. The van der Waals surface area contributed by atoms with Gasteiger partial charge in [-0.3, -0.25) is 9.88 Å². The molecule has 3 aromatic rings. The molecule has 0 radical (unpaired) electrons. The van der Waals surface area contributed by atoms with Crippen LogP contribution in [-0.2, 0) is 4.57 Å². The molecule has 0 aliphatic rings. The van der Waals surface area contributed by atoms with Crippen LogP contribution in [0.4, 0.5) is 17.1 Å². The van der Waals surface area contributed by atoms with Gasteiger partial charge in [-0.1, -0.05) is 12.1 Å². The molecule has 6 N–H and O–H groups in total. The van der Waals surface area contributed by atoms with Gasteiger partial charge >= 0.3 is 7.75 Å². The topological polar surface area (TPSA) is 125 Å². The van der Waals surface area contributed by atoms with Gasteiger partial charge in [-0.15, -0.1) is 11.3 Å². The largest absolute Gasteiger partial charge is 0.427 e. The molecular weight excluding hydrogens is 373 g/mol. The third-order valence-corrected chi connectivity index (χ3v) is 5.00. The second kappa shape index (κ2) is 7.31. The van der Waals surface area contributed by atoms with E-state index >= 15 is 0 Å². The lowest BCUT2D eigenvalue weighted by atomic mass is 10.1. The predicted octanol–water partition coefficient (Wildman–Crippen LogP) is 3.75. The molecule has 0 aliphatic carbocycles. The summed E-state index contributed by atoms with van der Waals surface area (Å²) in [7, 11) is -4.38. The normalized spacial score (nSPS) is 11.2. The molecule has 3 rings (SSSR count). The van der Waals surface area contributed by atoms with E-state index in [2.05, 4.69) is 5.32 Å². The van der Waals surface area contributed by atoms with Gasteiger partial charge in [0.1, 0.15) is 0 Å². The van der Waals surface area contributed by atoms with Crippen molar-refractivity contribution in [3.05, 3.63) is 65.5 Å². The maximum atomic E-state index is 12.4. The highest BCUT2D eigenvalue weighted by Gasteiger charge is 2.13. The van der Waals surface area contributed by atoms with Crippen LogP contribution in [0.25, 0.3) is 10.4 Å². The Morgan fingerprint density at radius 3 is 2.42 bits per heavy atom. The minimum Gasteiger partial charge on any atom is -0.397 e. The summed E-state index contributed by atoms with van der Waals surface area (Å²) in [5, 5.41) is 6.78. The lowest BCUT2D eigenvalue weighted by Crippen LogP contribution is -2.13. The second-order valence-electron chi connectivity index (χ2n) is 5.47. The summed E-state index contributed by atoms with van der Waals surface area (Å²) in [6.07, 6.45) is 0. The number of carbonyl (C=O) groups is 1. The van der Waals surface area contributed by atoms with E-state index in [-0.39, 0.29) is 11.6 Å². The van der Waals surface area contributed by atoms with Crippen molar-refractivity contribution in [2.75, 3.05) is 16.1 Å². The second-order valence-corrected chi connectivity index (χ2v) is 7.73. The zero-order chi connectivity index (χ0) is 18.7. The summed E-state index contributed by atoms with van der Waals surface area (Å²) < 4.78 is 10.9. The number of nitrogens with two attached hydrogens (primary N) is 1. The maximum absolute atomic E-state index is 12.4. The Labute approximate surface area is 153 Å². The molecule has 134 valence electrons. The van der Waals surface area contributed by atoms with E-state index in [4.69, 9.17) is 15.5 Å². The first kappa shape index (κ1) is 18.2. The van der Waals surface area contributed by atoms with Crippen molar-refractivity contribution in [2.24, 2.45) is 0 Å². The van der Waals surface area contributed by atoms with E-state index in [0.29, 0.717) is 16.9 Å². The summed E-state index contributed by atoms with van der Waals surface area (Å²) in [5.74, 6) is -0.372. The molecule has 0 atom stereocenters. The quantitative estimate of drug-likeness (QED) is 0.334. The van der Waals surface area contributed by atoms with Crippen LogP contribution >= 0.6 is 19.1 Å².